The molecule has 1 unspecified atom stereocenters. The van der Waals surface area contributed by atoms with E-state index >= 15 is 0 Å². The van der Waals surface area contributed by atoms with Gasteiger partial charge >= 0.3 is 0 Å². The molecule has 3 N–H and O–H groups in total. The standard InChI is InChI=1S/C16H16N4O3/c1-11(18-15(22)12-6-3-2-4-7-12)14(21)19-20-16(23)13-8-5-9-17-10-13/h2-11H,1H3,(H,18,22)(H,19,21)(H,20,23). The monoisotopic (exact) mass is 312 g/mol. The molecule has 0 aliphatic rings. The van der Waals surface area contributed by atoms with Crippen molar-refractivity contribution in [1.29, 1.82) is 0 Å². The van der Waals surface area contributed by atoms with Gasteiger partial charge in [-0.25, -0.2) is 0 Å². The summed E-state index contributed by atoms with van der Waals surface area (Å²) in [6.45, 7) is 1.52. The van der Waals surface area contributed by atoms with Crippen molar-refractivity contribution >= 4 is 17.7 Å². The average Bonchev–Trinajstić information content (AvgIpc) is 2.60. The fraction of sp³-hybridized carbons (Fsp3) is 0.125. The summed E-state index contributed by atoms with van der Waals surface area (Å²) in [5, 5.41) is 2.54. The lowest BCUT2D eigenvalue weighted by Crippen LogP contribution is -2.51. The van der Waals surface area contributed by atoms with Crippen LogP contribution in [0, 0.1) is 0 Å². The molecule has 0 fully saturated rings. The maximum absolute atomic E-state index is 11.9. The summed E-state index contributed by atoms with van der Waals surface area (Å²) in [4.78, 5) is 39.4. The SMILES string of the molecule is CC(NC(=O)c1ccccc1)C(=O)NNC(=O)c1cccnc1. The molecule has 1 atom stereocenters. The molecule has 0 spiro atoms. The maximum Gasteiger partial charge on any atom is 0.271 e. The van der Waals surface area contributed by atoms with Gasteiger partial charge < -0.3 is 5.32 Å². The summed E-state index contributed by atoms with van der Waals surface area (Å²) in [5.41, 5.74) is 5.28. The second kappa shape index (κ2) is 7.69. The number of carbonyl (C=O) groups excluding carboxylic acids is 3. The fourth-order valence-corrected chi connectivity index (χ4v) is 1.73. The van der Waals surface area contributed by atoms with Crippen LogP contribution in [-0.2, 0) is 4.79 Å². The van der Waals surface area contributed by atoms with E-state index in [-0.39, 0.29) is 5.91 Å². The van der Waals surface area contributed by atoms with Crippen molar-refractivity contribution in [1.82, 2.24) is 21.2 Å². The molecular weight excluding hydrogens is 296 g/mol. The molecular formula is C16H16N4O3. The Bertz CT molecular complexity index is 689. The van der Waals surface area contributed by atoms with Gasteiger partial charge in [-0.05, 0) is 31.2 Å². The number of hydrazine groups is 1. The van der Waals surface area contributed by atoms with E-state index in [1.807, 2.05) is 0 Å². The first kappa shape index (κ1) is 16.2. The number of benzene rings is 1. The van der Waals surface area contributed by atoms with Crippen LogP contribution in [0.1, 0.15) is 27.6 Å². The highest BCUT2D eigenvalue weighted by Crippen LogP contribution is 1.99. The molecule has 3 amide bonds. The van der Waals surface area contributed by atoms with Crippen molar-refractivity contribution in [2.45, 2.75) is 13.0 Å². The predicted molar refractivity (Wildman–Crippen MR) is 83.2 cm³/mol. The van der Waals surface area contributed by atoms with Gasteiger partial charge in [0.15, 0.2) is 0 Å². The second-order valence-corrected chi connectivity index (χ2v) is 4.75. The van der Waals surface area contributed by atoms with E-state index in [0.717, 1.165) is 0 Å². The number of hydrogen-bond donors (Lipinski definition) is 3. The van der Waals surface area contributed by atoms with E-state index in [9.17, 15) is 14.4 Å². The molecule has 0 saturated heterocycles. The van der Waals surface area contributed by atoms with Gasteiger partial charge in [-0.15, -0.1) is 0 Å². The number of rotatable bonds is 4. The molecule has 1 aromatic carbocycles. The van der Waals surface area contributed by atoms with E-state index in [1.54, 1.807) is 42.5 Å². The Kier molecular flexibility index (Phi) is 5.40. The number of aromatic nitrogens is 1. The third kappa shape index (κ3) is 4.63. The zero-order valence-corrected chi connectivity index (χ0v) is 12.4. The highest BCUT2D eigenvalue weighted by atomic mass is 16.2. The lowest BCUT2D eigenvalue weighted by Gasteiger charge is -2.14. The van der Waals surface area contributed by atoms with Crippen molar-refractivity contribution in [3.05, 3.63) is 66.0 Å². The van der Waals surface area contributed by atoms with E-state index < -0.39 is 17.9 Å². The Morgan fingerprint density at radius 2 is 1.61 bits per heavy atom. The smallest absolute Gasteiger partial charge is 0.271 e. The lowest BCUT2D eigenvalue weighted by atomic mass is 10.2. The quantitative estimate of drug-likeness (QED) is 0.722. The van der Waals surface area contributed by atoms with Gasteiger partial charge in [-0.3, -0.25) is 30.2 Å². The Morgan fingerprint density at radius 1 is 0.913 bits per heavy atom. The number of amides is 3. The molecule has 0 radical (unpaired) electrons. The topological polar surface area (TPSA) is 100 Å². The van der Waals surface area contributed by atoms with Gasteiger partial charge in [-0.2, -0.15) is 0 Å². The van der Waals surface area contributed by atoms with Crippen molar-refractivity contribution in [3.63, 3.8) is 0 Å². The zero-order chi connectivity index (χ0) is 16.7. The first-order valence-corrected chi connectivity index (χ1v) is 6.94. The summed E-state index contributed by atoms with van der Waals surface area (Å²) < 4.78 is 0. The molecule has 118 valence electrons. The van der Waals surface area contributed by atoms with Gasteiger partial charge in [0, 0.05) is 18.0 Å². The van der Waals surface area contributed by atoms with Crippen LogP contribution in [-0.4, -0.2) is 28.7 Å². The number of hydrogen-bond acceptors (Lipinski definition) is 4. The van der Waals surface area contributed by atoms with Crippen molar-refractivity contribution < 1.29 is 14.4 Å². The highest BCUT2D eigenvalue weighted by molar-refractivity contribution is 5.98. The molecule has 1 heterocycles. The third-order valence-electron chi connectivity index (χ3n) is 3.00. The van der Waals surface area contributed by atoms with Crippen LogP contribution in [0.3, 0.4) is 0 Å². The number of nitrogens with zero attached hydrogens (tertiary/aromatic N) is 1. The van der Waals surface area contributed by atoms with E-state index in [4.69, 9.17) is 0 Å². The van der Waals surface area contributed by atoms with Crippen molar-refractivity contribution in [2.75, 3.05) is 0 Å². The molecule has 7 nitrogen and oxygen atoms in total. The first-order chi connectivity index (χ1) is 11.1. The van der Waals surface area contributed by atoms with Crippen LogP contribution in [0.5, 0.6) is 0 Å². The van der Waals surface area contributed by atoms with Crippen LogP contribution >= 0.6 is 0 Å². The Morgan fingerprint density at radius 3 is 2.26 bits per heavy atom. The molecule has 23 heavy (non-hydrogen) atoms. The summed E-state index contributed by atoms with van der Waals surface area (Å²) in [6, 6.07) is 10.9. The van der Waals surface area contributed by atoms with Crippen LogP contribution in [0.25, 0.3) is 0 Å². The second-order valence-electron chi connectivity index (χ2n) is 4.75. The zero-order valence-electron chi connectivity index (χ0n) is 12.4. The number of pyridine rings is 1. The molecule has 2 aromatic rings. The fourth-order valence-electron chi connectivity index (χ4n) is 1.73. The summed E-state index contributed by atoms with van der Waals surface area (Å²) in [6.07, 6.45) is 2.92. The van der Waals surface area contributed by atoms with Crippen LogP contribution in [0.15, 0.2) is 54.9 Å². The van der Waals surface area contributed by atoms with Gasteiger partial charge in [0.05, 0.1) is 5.56 Å². The number of nitrogens with one attached hydrogen (secondary N) is 3. The molecule has 0 bridgehead atoms. The largest absolute Gasteiger partial charge is 0.340 e. The normalized spacial score (nSPS) is 11.2. The van der Waals surface area contributed by atoms with Gasteiger partial charge in [0.25, 0.3) is 17.7 Å². The van der Waals surface area contributed by atoms with Crippen LogP contribution in [0.2, 0.25) is 0 Å². The summed E-state index contributed by atoms with van der Waals surface area (Å²) in [7, 11) is 0. The van der Waals surface area contributed by atoms with Crippen LogP contribution in [0.4, 0.5) is 0 Å². The van der Waals surface area contributed by atoms with Gasteiger partial charge in [-0.1, -0.05) is 18.2 Å². The summed E-state index contributed by atoms with van der Waals surface area (Å²) >= 11 is 0. The minimum Gasteiger partial charge on any atom is -0.340 e. The third-order valence-corrected chi connectivity index (χ3v) is 3.00. The predicted octanol–water partition coefficient (Wildman–Crippen LogP) is 0.661. The van der Waals surface area contributed by atoms with Crippen molar-refractivity contribution in [2.24, 2.45) is 0 Å². The summed E-state index contributed by atoms with van der Waals surface area (Å²) in [5.74, 6) is -1.40. The van der Waals surface area contributed by atoms with E-state index in [2.05, 4.69) is 21.2 Å². The Balaban J connectivity index is 1.83. The first-order valence-electron chi connectivity index (χ1n) is 6.94. The van der Waals surface area contributed by atoms with Gasteiger partial charge in [0.1, 0.15) is 6.04 Å². The highest BCUT2D eigenvalue weighted by Gasteiger charge is 2.17. The minimum atomic E-state index is -0.808. The maximum atomic E-state index is 11.9. The van der Waals surface area contributed by atoms with Crippen molar-refractivity contribution in [3.8, 4) is 0 Å². The molecule has 0 saturated carbocycles. The molecule has 2 rings (SSSR count). The molecule has 1 aromatic heterocycles. The van der Waals surface area contributed by atoms with E-state index in [1.165, 1.54) is 19.3 Å². The minimum absolute atomic E-state index is 0.314. The lowest BCUT2D eigenvalue weighted by molar-refractivity contribution is -0.123. The Labute approximate surface area is 133 Å². The Hall–Kier alpha value is -3.22. The van der Waals surface area contributed by atoms with Crippen LogP contribution < -0.4 is 16.2 Å². The average molecular weight is 312 g/mol. The van der Waals surface area contributed by atoms with Gasteiger partial charge in [0.2, 0.25) is 0 Å². The molecule has 7 heteroatoms. The molecule has 0 aliphatic carbocycles. The van der Waals surface area contributed by atoms with E-state index in [0.29, 0.717) is 11.1 Å². The molecule has 0 aliphatic heterocycles. The number of carbonyl (C=O) groups is 3.